The molecule has 1 amide bonds. The predicted molar refractivity (Wildman–Crippen MR) is 87.6 cm³/mol. The number of carbonyl (C=O) groups excluding carboxylic acids is 1. The number of nitrogens with one attached hydrogen (secondary N) is 1. The van der Waals surface area contributed by atoms with Crippen molar-refractivity contribution in [1.29, 1.82) is 0 Å². The van der Waals surface area contributed by atoms with Gasteiger partial charge >= 0.3 is 5.97 Å². The van der Waals surface area contributed by atoms with Crippen molar-refractivity contribution in [3.8, 4) is 0 Å². The van der Waals surface area contributed by atoms with E-state index in [0.29, 0.717) is 12.3 Å². The Balaban J connectivity index is 0.000000970. The van der Waals surface area contributed by atoms with Crippen molar-refractivity contribution in [3.05, 3.63) is 33.9 Å². The first kappa shape index (κ1) is 20.4. The molecular formula is C16H22N2O7. The minimum absolute atomic E-state index is 0.00342. The van der Waals surface area contributed by atoms with E-state index in [0.717, 1.165) is 18.9 Å². The van der Waals surface area contributed by atoms with Crippen LogP contribution in [0, 0.1) is 6.92 Å². The van der Waals surface area contributed by atoms with Crippen molar-refractivity contribution < 1.29 is 29.0 Å². The first-order chi connectivity index (χ1) is 11.8. The quantitative estimate of drug-likeness (QED) is 0.643. The molecule has 2 heterocycles. The van der Waals surface area contributed by atoms with Gasteiger partial charge in [0.25, 0.3) is 12.4 Å². The van der Waals surface area contributed by atoms with Gasteiger partial charge in [-0.25, -0.2) is 0 Å². The largest absolute Gasteiger partial charge is 0.483 e. The van der Waals surface area contributed by atoms with Gasteiger partial charge < -0.3 is 19.9 Å². The van der Waals surface area contributed by atoms with Crippen LogP contribution in [-0.4, -0.2) is 59.1 Å². The van der Waals surface area contributed by atoms with E-state index < -0.39 is 11.9 Å². The number of aryl methyl sites for hydroxylation is 1. The third-order valence-electron chi connectivity index (χ3n) is 4.01. The second-order valence-corrected chi connectivity index (χ2v) is 5.73. The highest BCUT2D eigenvalue weighted by molar-refractivity contribution is 5.91. The van der Waals surface area contributed by atoms with E-state index in [-0.39, 0.29) is 36.2 Å². The molecule has 1 aromatic rings. The molecule has 0 aromatic carbocycles. The Labute approximate surface area is 144 Å². The van der Waals surface area contributed by atoms with Gasteiger partial charge in [-0.2, -0.15) is 0 Å². The Morgan fingerprint density at radius 3 is 2.52 bits per heavy atom. The zero-order valence-electron chi connectivity index (χ0n) is 14.1. The highest BCUT2D eigenvalue weighted by atomic mass is 16.4. The number of likely N-dealkylation sites (tertiary alicyclic amines) is 1. The molecule has 1 aliphatic rings. The van der Waals surface area contributed by atoms with Gasteiger partial charge in [-0.3, -0.25) is 24.1 Å². The average Bonchev–Trinajstić information content (AvgIpc) is 2.84. The van der Waals surface area contributed by atoms with Crippen molar-refractivity contribution in [3.63, 3.8) is 0 Å². The molecule has 3 N–H and O–H groups in total. The van der Waals surface area contributed by atoms with E-state index in [9.17, 15) is 14.4 Å². The molecule has 9 heteroatoms. The number of hydrogen-bond donors (Lipinski definition) is 3. The number of hydrogen-bond acceptors (Lipinski definition) is 6. The van der Waals surface area contributed by atoms with Crippen LogP contribution in [0.1, 0.15) is 35.6 Å². The van der Waals surface area contributed by atoms with Gasteiger partial charge in [0.05, 0.1) is 6.42 Å². The molecule has 0 saturated carbocycles. The number of carbonyl (C=O) groups is 3. The van der Waals surface area contributed by atoms with Crippen molar-refractivity contribution in [1.82, 2.24) is 10.2 Å². The van der Waals surface area contributed by atoms with Gasteiger partial charge in [-0.1, -0.05) is 0 Å². The highest BCUT2D eigenvalue weighted by Gasteiger charge is 2.31. The molecule has 1 aliphatic heterocycles. The minimum Gasteiger partial charge on any atom is -0.483 e. The highest BCUT2D eigenvalue weighted by Crippen LogP contribution is 2.24. The Morgan fingerprint density at radius 2 is 1.96 bits per heavy atom. The van der Waals surface area contributed by atoms with E-state index in [1.165, 1.54) is 6.07 Å². The summed E-state index contributed by atoms with van der Waals surface area (Å²) in [7, 11) is 1.87. The van der Waals surface area contributed by atoms with Gasteiger partial charge in [-0.05, 0) is 26.8 Å². The van der Waals surface area contributed by atoms with Crippen LogP contribution in [-0.2, 0) is 9.59 Å². The summed E-state index contributed by atoms with van der Waals surface area (Å²) in [6.07, 6.45) is 1.73. The maximum absolute atomic E-state index is 12.0. The van der Waals surface area contributed by atoms with Crippen LogP contribution in [0.25, 0.3) is 0 Å². The molecule has 9 nitrogen and oxygen atoms in total. The summed E-state index contributed by atoms with van der Waals surface area (Å²) in [4.78, 5) is 44.5. The molecule has 138 valence electrons. The molecule has 1 aromatic heterocycles. The summed E-state index contributed by atoms with van der Waals surface area (Å²) in [5.74, 6) is -0.871. The Hall–Kier alpha value is -2.68. The van der Waals surface area contributed by atoms with E-state index >= 15 is 0 Å². The predicted octanol–water partition coefficient (Wildman–Crippen LogP) is 0.316. The summed E-state index contributed by atoms with van der Waals surface area (Å²) in [5, 5.41) is 18.5. The van der Waals surface area contributed by atoms with Crippen LogP contribution in [0.5, 0.6) is 0 Å². The molecular weight excluding hydrogens is 332 g/mol. The number of rotatable bonds is 5. The van der Waals surface area contributed by atoms with Crippen LogP contribution in [0.2, 0.25) is 0 Å². The lowest BCUT2D eigenvalue weighted by Crippen LogP contribution is -2.41. The van der Waals surface area contributed by atoms with Crippen LogP contribution in [0.4, 0.5) is 0 Å². The molecule has 2 atom stereocenters. The zero-order valence-corrected chi connectivity index (χ0v) is 14.1. The van der Waals surface area contributed by atoms with Crippen molar-refractivity contribution in [2.24, 2.45) is 0 Å². The standard InChI is InChI=1S/C15H20N2O5.CH2O2/c1-9-5-12(18)7-13(22-9)15(21)16-8-11-4-3-10(17(11)2)6-14(19)20;2-1-3/h5,7,10-11H,3-4,6,8H2,1-2H3,(H,16,21)(H,19,20);1H,(H,2,3)/t10-,11+;/m1./s1. The molecule has 0 radical (unpaired) electrons. The molecule has 0 spiro atoms. The normalized spacial score (nSPS) is 19.6. The minimum atomic E-state index is -0.817. The van der Waals surface area contributed by atoms with E-state index in [1.54, 1.807) is 6.92 Å². The SMILES string of the molecule is Cc1cc(=O)cc(C(=O)NC[C@@H]2CC[C@H](CC(=O)O)N2C)o1.O=CO. The lowest BCUT2D eigenvalue weighted by Gasteiger charge is -2.24. The zero-order chi connectivity index (χ0) is 19.0. The Kier molecular flexibility index (Phi) is 7.80. The number of amides is 1. The van der Waals surface area contributed by atoms with Crippen molar-refractivity contribution >= 4 is 18.3 Å². The van der Waals surface area contributed by atoms with Gasteiger partial charge in [0, 0.05) is 30.8 Å². The Bertz CT molecular complexity index is 671. The van der Waals surface area contributed by atoms with E-state index in [1.807, 2.05) is 11.9 Å². The number of aliphatic carboxylic acids is 1. The first-order valence-electron chi connectivity index (χ1n) is 7.70. The van der Waals surface area contributed by atoms with Crippen LogP contribution in [0.3, 0.4) is 0 Å². The molecule has 25 heavy (non-hydrogen) atoms. The molecule has 0 bridgehead atoms. The lowest BCUT2D eigenvalue weighted by molar-refractivity contribution is -0.138. The number of likely N-dealkylation sites (N-methyl/N-ethyl adjacent to an activating group) is 1. The number of carboxylic acids is 1. The van der Waals surface area contributed by atoms with Gasteiger partial charge in [-0.15, -0.1) is 0 Å². The molecule has 1 saturated heterocycles. The molecule has 0 aliphatic carbocycles. The maximum Gasteiger partial charge on any atom is 0.304 e. The van der Waals surface area contributed by atoms with Gasteiger partial charge in [0.2, 0.25) is 0 Å². The lowest BCUT2D eigenvalue weighted by atomic mass is 10.1. The van der Waals surface area contributed by atoms with Crippen LogP contribution >= 0.6 is 0 Å². The number of nitrogens with zero attached hydrogens (tertiary/aromatic N) is 1. The van der Waals surface area contributed by atoms with E-state index in [2.05, 4.69) is 5.32 Å². The average molecular weight is 354 g/mol. The molecule has 0 unspecified atom stereocenters. The van der Waals surface area contributed by atoms with E-state index in [4.69, 9.17) is 19.4 Å². The third-order valence-corrected chi connectivity index (χ3v) is 4.01. The van der Waals surface area contributed by atoms with Crippen LogP contribution < -0.4 is 10.7 Å². The first-order valence-corrected chi connectivity index (χ1v) is 7.70. The van der Waals surface area contributed by atoms with Crippen molar-refractivity contribution in [2.75, 3.05) is 13.6 Å². The third kappa shape index (κ3) is 6.38. The fourth-order valence-corrected chi connectivity index (χ4v) is 2.80. The fraction of sp³-hybridized carbons (Fsp3) is 0.500. The molecule has 1 fully saturated rings. The molecule has 2 rings (SSSR count). The fourth-order valence-electron chi connectivity index (χ4n) is 2.80. The topological polar surface area (TPSA) is 137 Å². The monoisotopic (exact) mass is 354 g/mol. The summed E-state index contributed by atoms with van der Waals surface area (Å²) < 4.78 is 5.23. The summed E-state index contributed by atoms with van der Waals surface area (Å²) in [6.45, 7) is 1.75. The smallest absolute Gasteiger partial charge is 0.304 e. The second-order valence-electron chi connectivity index (χ2n) is 5.73. The summed E-state index contributed by atoms with van der Waals surface area (Å²) in [6, 6.07) is 2.56. The summed E-state index contributed by atoms with van der Waals surface area (Å²) >= 11 is 0. The second kappa shape index (κ2) is 9.58. The van der Waals surface area contributed by atoms with Crippen LogP contribution in [0.15, 0.2) is 21.3 Å². The maximum atomic E-state index is 12.0. The number of carboxylic acid groups (broad SMARTS) is 2. The van der Waals surface area contributed by atoms with Gasteiger partial charge in [0.15, 0.2) is 11.2 Å². The van der Waals surface area contributed by atoms with Gasteiger partial charge in [0.1, 0.15) is 5.76 Å². The van der Waals surface area contributed by atoms with Crippen molar-refractivity contribution in [2.45, 2.75) is 38.3 Å². The Morgan fingerprint density at radius 1 is 1.36 bits per heavy atom. The summed E-state index contributed by atoms with van der Waals surface area (Å²) in [5.41, 5.74) is -0.270.